The third kappa shape index (κ3) is 8.19. The fourth-order valence-corrected chi connectivity index (χ4v) is 8.43. The zero-order valence-electron chi connectivity index (χ0n) is 27.3. The molecule has 2 amide bonds. The van der Waals surface area contributed by atoms with Gasteiger partial charge in [-0.05, 0) is 48.5 Å². The van der Waals surface area contributed by atoms with Crippen molar-refractivity contribution in [1.29, 1.82) is 10.5 Å². The van der Waals surface area contributed by atoms with Crippen LogP contribution in [0.25, 0.3) is 0 Å². The van der Waals surface area contributed by atoms with Gasteiger partial charge < -0.3 is 19.3 Å². The summed E-state index contributed by atoms with van der Waals surface area (Å²) in [6, 6.07) is 17.7. The zero-order chi connectivity index (χ0) is 40.7. The minimum absolute atomic E-state index is 0.0624. The van der Waals surface area contributed by atoms with Crippen molar-refractivity contribution in [3.05, 3.63) is 95.1 Å². The van der Waals surface area contributed by atoms with Crippen molar-refractivity contribution in [2.24, 2.45) is 0 Å². The van der Waals surface area contributed by atoms with Gasteiger partial charge in [0.1, 0.15) is 23.9 Å². The number of phenols is 1. The molecule has 22 heteroatoms. The molecule has 4 aromatic rings. The molecule has 55 heavy (non-hydrogen) atoms. The Morgan fingerprint density at radius 1 is 0.691 bits per heavy atom. The number of methoxy groups -OCH3 is 1. The number of para-hydroxylation sites is 2. The molecule has 1 N–H and O–H groups in total. The van der Waals surface area contributed by atoms with Gasteiger partial charge in [-0.15, -0.1) is 26.3 Å². The number of amides is 2. The highest BCUT2D eigenvalue weighted by atomic mass is 32.2. The van der Waals surface area contributed by atoms with E-state index in [4.69, 9.17) is 10.00 Å². The monoisotopic (exact) mass is 810 g/mol. The maximum absolute atomic E-state index is 12.9. The van der Waals surface area contributed by atoms with E-state index in [1.807, 2.05) is 0 Å². The molecule has 0 aliphatic carbocycles. The predicted molar refractivity (Wildman–Crippen MR) is 175 cm³/mol. The third-order valence-electron chi connectivity index (χ3n) is 7.59. The average molecular weight is 811 g/mol. The second kappa shape index (κ2) is 14.4. The van der Waals surface area contributed by atoms with Gasteiger partial charge in [-0.3, -0.25) is 19.4 Å². The van der Waals surface area contributed by atoms with E-state index in [2.05, 4.69) is 9.47 Å². The number of hydrogen-bond donors (Lipinski definition) is 1. The van der Waals surface area contributed by atoms with Crippen molar-refractivity contribution >= 4 is 42.9 Å². The number of anilines is 2. The van der Waals surface area contributed by atoms with E-state index in [0.29, 0.717) is 6.07 Å². The fourth-order valence-electron chi connectivity index (χ4n) is 5.39. The standard InChI is InChI=1S/C17H11F3N2O5S.C16H9F3N2O5S/c1-26-15-11(8-21)6-10(7-13(15)27-17(18,19)20)16(23)22-9-28(24,25)14-5-3-2-4-12(14)22;17-16(18,19)26-12-6-9(5-10(7-20)14(12)22)15(23)21-8-27(24,25)13-4-2-1-3-11(13)21/h2-7H,9H2,1H3;1-6,22H,8H2. The van der Waals surface area contributed by atoms with Crippen LogP contribution >= 0.6 is 0 Å². The van der Waals surface area contributed by atoms with Crippen molar-refractivity contribution < 1.29 is 72.1 Å². The van der Waals surface area contributed by atoms with Gasteiger partial charge in [0.05, 0.1) is 39.4 Å². The smallest absolute Gasteiger partial charge is 0.503 e. The molecule has 0 bridgehead atoms. The van der Waals surface area contributed by atoms with Crippen LogP contribution in [0, 0.1) is 22.7 Å². The van der Waals surface area contributed by atoms with E-state index in [1.54, 1.807) is 6.07 Å². The molecule has 0 radical (unpaired) electrons. The largest absolute Gasteiger partial charge is 0.573 e. The second-order valence-electron chi connectivity index (χ2n) is 11.1. The maximum atomic E-state index is 12.9. The summed E-state index contributed by atoms with van der Waals surface area (Å²) in [6.45, 7) is 0. The number of nitrogens with zero attached hydrogens (tertiary/aromatic N) is 4. The van der Waals surface area contributed by atoms with Crippen LogP contribution in [-0.2, 0) is 19.7 Å². The van der Waals surface area contributed by atoms with Crippen molar-refractivity contribution in [2.45, 2.75) is 22.5 Å². The van der Waals surface area contributed by atoms with E-state index in [-0.39, 0.29) is 32.3 Å². The molecule has 14 nitrogen and oxygen atoms in total. The molecule has 0 atom stereocenters. The Hall–Kier alpha value is -6.52. The number of sulfone groups is 2. The molecule has 2 heterocycles. The Morgan fingerprint density at radius 3 is 1.51 bits per heavy atom. The Bertz CT molecular complexity index is 2550. The normalized spacial score (nSPS) is 15.0. The van der Waals surface area contributed by atoms with Crippen molar-refractivity contribution in [3.63, 3.8) is 0 Å². The molecule has 0 saturated heterocycles. The second-order valence-corrected chi connectivity index (χ2v) is 15.0. The number of hydrogen-bond acceptors (Lipinski definition) is 12. The van der Waals surface area contributed by atoms with Gasteiger partial charge in [-0.1, -0.05) is 24.3 Å². The average Bonchev–Trinajstić information content (AvgIpc) is 3.55. The lowest BCUT2D eigenvalue weighted by Crippen LogP contribution is -2.30. The summed E-state index contributed by atoms with van der Waals surface area (Å²) in [5, 5.41) is 27.9. The number of alkyl halides is 6. The first-order valence-electron chi connectivity index (χ1n) is 14.8. The van der Waals surface area contributed by atoms with Gasteiger partial charge >= 0.3 is 12.7 Å². The van der Waals surface area contributed by atoms with Gasteiger partial charge in [-0.25, -0.2) is 16.8 Å². The van der Waals surface area contributed by atoms with Gasteiger partial charge in [-0.2, -0.15) is 10.5 Å². The van der Waals surface area contributed by atoms with Gasteiger partial charge in [0, 0.05) is 11.1 Å². The van der Waals surface area contributed by atoms with Crippen LogP contribution in [-0.4, -0.2) is 65.3 Å². The van der Waals surface area contributed by atoms with E-state index in [9.17, 15) is 63.1 Å². The summed E-state index contributed by atoms with van der Waals surface area (Å²) in [4.78, 5) is 27.2. The van der Waals surface area contributed by atoms with Gasteiger partial charge in [0.2, 0.25) is 0 Å². The molecule has 286 valence electrons. The van der Waals surface area contributed by atoms with Gasteiger partial charge in [0.15, 0.2) is 42.7 Å². The van der Waals surface area contributed by atoms with Crippen molar-refractivity contribution in [2.75, 3.05) is 28.7 Å². The lowest BCUT2D eigenvalue weighted by Gasteiger charge is -2.18. The predicted octanol–water partition coefficient (Wildman–Crippen LogP) is 5.41. The van der Waals surface area contributed by atoms with Crippen molar-refractivity contribution in [3.8, 4) is 35.1 Å². The summed E-state index contributed by atoms with van der Waals surface area (Å²) in [6.07, 6.45) is -10.3. The fraction of sp³-hybridized carbons (Fsp3) is 0.152. The number of ether oxygens (including phenoxy) is 3. The number of halogens is 6. The van der Waals surface area contributed by atoms with Crippen LogP contribution in [0.4, 0.5) is 37.7 Å². The number of rotatable bonds is 5. The quantitative estimate of drug-likeness (QED) is 0.251. The summed E-state index contributed by atoms with van der Waals surface area (Å²) in [5.41, 5.74) is -1.65. The third-order valence-corrected chi connectivity index (χ3v) is 10.8. The summed E-state index contributed by atoms with van der Waals surface area (Å²) in [5.74, 6) is -6.84. The zero-order valence-corrected chi connectivity index (χ0v) is 29.0. The number of benzene rings is 4. The minimum atomic E-state index is -5.17. The highest BCUT2D eigenvalue weighted by Crippen LogP contribution is 2.40. The van der Waals surface area contributed by atoms with E-state index >= 15 is 0 Å². The lowest BCUT2D eigenvalue weighted by molar-refractivity contribution is -0.276. The van der Waals surface area contributed by atoms with Crippen LogP contribution in [0.5, 0.6) is 23.0 Å². The highest BCUT2D eigenvalue weighted by molar-refractivity contribution is 7.92. The van der Waals surface area contributed by atoms with Crippen LogP contribution < -0.4 is 24.0 Å². The Labute approximate surface area is 306 Å². The molecular formula is C33H20F6N4O10S2. The first-order chi connectivity index (χ1) is 25.6. The molecule has 2 aliphatic rings. The van der Waals surface area contributed by atoms with Crippen LogP contribution in [0.15, 0.2) is 82.6 Å². The molecular weight excluding hydrogens is 791 g/mol. The highest BCUT2D eigenvalue weighted by Gasteiger charge is 2.40. The Morgan fingerprint density at radius 2 is 1.09 bits per heavy atom. The Balaban J connectivity index is 0.000000211. The van der Waals surface area contributed by atoms with Crippen LogP contribution in [0.1, 0.15) is 31.8 Å². The molecule has 0 saturated carbocycles. The molecule has 2 aliphatic heterocycles. The number of fused-ring (bicyclic) bond motifs is 2. The molecule has 6 rings (SSSR count). The summed E-state index contributed by atoms with van der Waals surface area (Å²) >= 11 is 0. The SMILES string of the molecule is COc1c(C#N)cc(C(=O)N2CS(=O)(=O)c3ccccc32)cc1OC(F)(F)F.N#Cc1cc(C(=O)N2CS(=O)(=O)c3ccccc32)cc(OC(F)(F)F)c1O. The molecule has 4 aromatic carbocycles. The number of aromatic hydroxyl groups is 1. The van der Waals surface area contributed by atoms with E-state index in [1.165, 1.54) is 54.6 Å². The topological polar surface area (TPSA) is 204 Å². The number of phenolic OH excluding ortho intramolecular Hbond substituents is 1. The van der Waals surface area contributed by atoms with E-state index < -0.39 is 90.1 Å². The Kier molecular flexibility index (Phi) is 10.4. The maximum Gasteiger partial charge on any atom is 0.573 e. The van der Waals surface area contributed by atoms with Gasteiger partial charge in [0.25, 0.3) is 11.8 Å². The summed E-state index contributed by atoms with van der Waals surface area (Å²) in [7, 11) is -6.52. The van der Waals surface area contributed by atoms with Crippen molar-refractivity contribution in [1.82, 2.24) is 0 Å². The van der Waals surface area contributed by atoms with Crippen LogP contribution in [0.3, 0.4) is 0 Å². The van der Waals surface area contributed by atoms with E-state index in [0.717, 1.165) is 35.1 Å². The lowest BCUT2D eigenvalue weighted by atomic mass is 10.1. The molecule has 0 unspecified atom stereocenters. The number of carbonyl (C=O) groups excluding carboxylic acids is 2. The molecule has 0 spiro atoms. The van der Waals surface area contributed by atoms with Crippen LogP contribution in [0.2, 0.25) is 0 Å². The molecule has 0 fully saturated rings. The summed E-state index contributed by atoms with van der Waals surface area (Å²) < 4.78 is 137. The molecule has 0 aromatic heterocycles. The number of carbonyl (C=O) groups is 2. The first kappa shape index (κ1) is 39.7. The first-order valence-corrected chi connectivity index (χ1v) is 18.1. The number of nitriles is 2. The minimum Gasteiger partial charge on any atom is -0.503 e.